The van der Waals surface area contributed by atoms with Crippen LogP contribution < -0.4 is 0 Å². The SMILES string of the molecule is O=C1CC(c2nc3ccccc3n2Cc2ccc(Cl)c(Cl)c2)CN1C1CCCC1. The number of carbonyl (C=O) groups excluding carboxylic acids is 1. The van der Waals surface area contributed by atoms with Crippen molar-refractivity contribution in [2.45, 2.75) is 50.6 Å². The highest BCUT2D eigenvalue weighted by atomic mass is 35.5. The Balaban J connectivity index is 1.51. The zero-order valence-electron chi connectivity index (χ0n) is 16.2. The van der Waals surface area contributed by atoms with Gasteiger partial charge in [0, 0.05) is 31.5 Å². The van der Waals surface area contributed by atoms with Crippen LogP contribution in [0.2, 0.25) is 10.0 Å². The fourth-order valence-electron chi connectivity index (χ4n) is 4.87. The molecule has 5 rings (SSSR count). The quantitative estimate of drug-likeness (QED) is 0.539. The molecule has 29 heavy (non-hydrogen) atoms. The molecule has 2 heterocycles. The van der Waals surface area contributed by atoms with Crippen LogP contribution in [0.5, 0.6) is 0 Å². The summed E-state index contributed by atoms with van der Waals surface area (Å²) in [6.45, 7) is 1.43. The molecule has 1 aliphatic heterocycles. The summed E-state index contributed by atoms with van der Waals surface area (Å²) in [4.78, 5) is 19.8. The van der Waals surface area contributed by atoms with Crippen LogP contribution in [0.15, 0.2) is 42.5 Å². The van der Waals surface area contributed by atoms with E-state index >= 15 is 0 Å². The highest BCUT2D eigenvalue weighted by Gasteiger charge is 2.38. The van der Waals surface area contributed by atoms with Crippen molar-refractivity contribution in [2.75, 3.05) is 6.54 Å². The summed E-state index contributed by atoms with van der Waals surface area (Å²) in [5.74, 6) is 1.39. The number of halogens is 2. The summed E-state index contributed by atoms with van der Waals surface area (Å²) in [6, 6.07) is 14.3. The summed E-state index contributed by atoms with van der Waals surface area (Å²) in [5.41, 5.74) is 3.12. The minimum absolute atomic E-state index is 0.123. The van der Waals surface area contributed by atoms with Gasteiger partial charge in [0.1, 0.15) is 5.82 Å². The van der Waals surface area contributed by atoms with Gasteiger partial charge in [-0.1, -0.05) is 54.2 Å². The van der Waals surface area contributed by atoms with E-state index in [1.807, 2.05) is 36.4 Å². The molecule has 1 amide bonds. The van der Waals surface area contributed by atoms with E-state index < -0.39 is 0 Å². The molecule has 4 nitrogen and oxygen atoms in total. The van der Waals surface area contributed by atoms with E-state index in [1.54, 1.807) is 0 Å². The van der Waals surface area contributed by atoms with Gasteiger partial charge in [0.2, 0.25) is 5.91 Å². The van der Waals surface area contributed by atoms with E-state index in [9.17, 15) is 4.79 Å². The molecule has 1 unspecified atom stereocenters. The molecule has 1 saturated heterocycles. The van der Waals surface area contributed by atoms with E-state index in [1.165, 1.54) is 12.8 Å². The minimum atomic E-state index is 0.123. The predicted octanol–water partition coefficient (Wildman–Crippen LogP) is 5.65. The number of imidazole rings is 1. The van der Waals surface area contributed by atoms with E-state index in [0.717, 1.165) is 41.8 Å². The summed E-state index contributed by atoms with van der Waals surface area (Å²) < 4.78 is 2.24. The van der Waals surface area contributed by atoms with Crippen molar-refractivity contribution in [3.8, 4) is 0 Å². The van der Waals surface area contributed by atoms with Crippen LogP contribution in [0.1, 0.15) is 49.4 Å². The molecule has 1 atom stereocenters. The van der Waals surface area contributed by atoms with Crippen LogP contribution in [0.4, 0.5) is 0 Å². The van der Waals surface area contributed by atoms with Crippen molar-refractivity contribution in [2.24, 2.45) is 0 Å². The maximum atomic E-state index is 12.8. The molecule has 3 aromatic rings. The Bertz CT molecular complexity index is 1070. The Morgan fingerprint density at radius 2 is 1.83 bits per heavy atom. The first-order chi connectivity index (χ1) is 14.1. The molecular weight excluding hydrogens is 405 g/mol. The van der Waals surface area contributed by atoms with Crippen LogP contribution in [0.3, 0.4) is 0 Å². The Morgan fingerprint density at radius 3 is 2.62 bits per heavy atom. The Morgan fingerprint density at radius 1 is 1.03 bits per heavy atom. The Kier molecular flexibility index (Phi) is 5.00. The van der Waals surface area contributed by atoms with E-state index in [0.29, 0.717) is 29.1 Å². The van der Waals surface area contributed by atoms with Crippen molar-refractivity contribution >= 4 is 40.1 Å². The molecule has 2 aliphatic rings. The largest absolute Gasteiger partial charge is 0.339 e. The highest BCUT2D eigenvalue weighted by Crippen LogP contribution is 2.35. The number of aromatic nitrogens is 2. The first kappa shape index (κ1) is 19.0. The first-order valence-corrected chi connectivity index (χ1v) is 11.0. The number of para-hydroxylation sites is 2. The van der Waals surface area contributed by atoms with E-state index in [2.05, 4.69) is 15.5 Å². The molecule has 0 radical (unpaired) electrons. The number of rotatable bonds is 4. The summed E-state index contributed by atoms with van der Waals surface area (Å²) >= 11 is 12.3. The standard InChI is InChI=1S/C23H23Cl2N3O/c24-18-10-9-15(11-19(18)25)13-28-21-8-4-3-7-20(21)26-23(28)16-12-22(29)27(14-16)17-5-1-2-6-17/h3-4,7-11,16-17H,1-2,5-6,12-14H2. The minimum Gasteiger partial charge on any atom is -0.339 e. The predicted molar refractivity (Wildman–Crippen MR) is 117 cm³/mol. The molecule has 6 heteroatoms. The third kappa shape index (κ3) is 3.53. The third-order valence-electron chi connectivity index (χ3n) is 6.30. The van der Waals surface area contributed by atoms with Crippen molar-refractivity contribution in [3.05, 3.63) is 63.9 Å². The van der Waals surface area contributed by atoms with Gasteiger partial charge in [0.25, 0.3) is 0 Å². The molecule has 2 aromatic carbocycles. The van der Waals surface area contributed by atoms with Crippen LogP contribution in [0, 0.1) is 0 Å². The van der Waals surface area contributed by atoms with Crippen LogP contribution in [-0.4, -0.2) is 32.9 Å². The molecule has 1 aromatic heterocycles. The number of benzene rings is 2. The lowest BCUT2D eigenvalue weighted by molar-refractivity contribution is -0.129. The lowest BCUT2D eigenvalue weighted by atomic mass is 10.1. The average Bonchev–Trinajstić information content (AvgIpc) is 3.44. The number of likely N-dealkylation sites (tertiary alicyclic amines) is 1. The number of fused-ring (bicyclic) bond motifs is 1. The van der Waals surface area contributed by atoms with Crippen LogP contribution in [-0.2, 0) is 11.3 Å². The second-order valence-electron chi connectivity index (χ2n) is 8.18. The topological polar surface area (TPSA) is 38.1 Å². The fraction of sp³-hybridized carbons (Fsp3) is 0.391. The smallest absolute Gasteiger partial charge is 0.223 e. The van der Waals surface area contributed by atoms with Gasteiger partial charge in [-0.05, 0) is 42.7 Å². The monoisotopic (exact) mass is 427 g/mol. The number of nitrogens with zero attached hydrogens (tertiary/aromatic N) is 3. The molecule has 1 saturated carbocycles. The van der Waals surface area contributed by atoms with Crippen molar-refractivity contribution in [3.63, 3.8) is 0 Å². The van der Waals surface area contributed by atoms with Gasteiger partial charge in [-0.15, -0.1) is 0 Å². The van der Waals surface area contributed by atoms with Gasteiger partial charge in [0.15, 0.2) is 0 Å². The van der Waals surface area contributed by atoms with Gasteiger partial charge in [-0.25, -0.2) is 4.98 Å². The normalized spacial score (nSPS) is 20.3. The number of amides is 1. The number of hydrogen-bond acceptors (Lipinski definition) is 2. The molecular formula is C23H23Cl2N3O. The van der Waals surface area contributed by atoms with E-state index in [-0.39, 0.29) is 11.8 Å². The Labute approximate surface area is 180 Å². The second-order valence-corrected chi connectivity index (χ2v) is 8.99. The summed E-state index contributed by atoms with van der Waals surface area (Å²) in [7, 11) is 0. The zero-order chi connectivity index (χ0) is 20.0. The molecule has 0 bridgehead atoms. The maximum absolute atomic E-state index is 12.8. The molecule has 1 aliphatic carbocycles. The first-order valence-electron chi connectivity index (χ1n) is 10.3. The third-order valence-corrected chi connectivity index (χ3v) is 7.04. The van der Waals surface area contributed by atoms with Crippen LogP contribution >= 0.6 is 23.2 Å². The average molecular weight is 428 g/mol. The highest BCUT2D eigenvalue weighted by molar-refractivity contribution is 6.42. The van der Waals surface area contributed by atoms with Gasteiger partial charge < -0.3 is 9.47 Å². The molecule has 150 valence electrons. The molecule has 0 N–H and O–H groups in total. The van der Waals surface area contributed by atoms with Gasteiger partial charge in [-0.3, -0.25) is 4.79 Å². The Hall–Kier alpha value is -2.04. The van der Waals surface area contributed by atoms with Gasteiger partial charge in [0.05, 0.1) is 21.1 Å². The summed E-state index contributed by atoms with van der Waals surface area (Å²) in [5, 5.41) is 1.11. The zero-order valence-corrected chi connectivity index (χ0v) is 17.7. The van der Waals surface area contributed by atoms with Crippen molar-refractivity contribution in [1.29, 1.82) is 0 Å². The molecule has 2 fully saturated rings. The van der Waals surface area contributed by atoms with Crippen LogP contribution in [0.25, 0.3) is 11.0 Å². The number of carbonyl (C=O) groups is 1. The summed E-state index contributed by atoms with van der Waals surface area (Å²) in [6.07, 6.45) is 5.28. The lowest BCUT2D eigenvalue weighted by Crippen LogP contribution is -2.34. The fourth-order valence-corrected chi connectivity index (χ4v) is 5.19. The number of hydrogen-bond donors (Lipinski definition) is 0. The van der Waals surface area contributed by atoms with Crippen molar-refractivity contribution < 1.29 is 4.79 Å². The maximum Gasteiger partial charge on any atom is 0.223 e. The lowest BCUT2D eigenvalue weighted by Gasteiger charge is -2.24. The van der Waals surface area contributed by atoms with Gasteiger partial charge >= 0.3 is 0 Å². The van der Waals surface area contributed by atoms with Crippen molar-refractivity contribution in [1.82, 2.24) is 14.5 Å². The van der Waals surface area contributed by atoms with E-state index in [4.69, 9.17) is 28.2 Å². The van der Waals surface area contributed by atoms with Gasteiger partial charge in [-0.2, -0.15) is 0 Å². The molecule has 0 spiro atoms. The second kappa shape index (κ2) is 7.66.